The van der Waals surface area contributed by atoms with Crippen LogP contribution >= 0.6 is 11.6 Å². The molecule has 27 heavy (non-hydrogen) atoms. The van der Waals surface area contributed by atoms with Crippen LogP contribution in [0, 0.1) is 5.41 Å². The summed E-state index contributed by atoms with van der Waals surface area (Å²) in [4.78, 5) is 14.5. The topological polar surface area (TPSA) is 62.8 Å². The lowest BCUT2D eigenvalue weighted by Crippen LogP contribution is -2.50. The van der Waals surface area contributed by atoms with Crippen molar-refractivity contribution < 1.29 is 14.3 Å². The van der Waals surface area contributed by atoms with Crippen molar-refractivity contribution in [2.24, 2.45) is 5.41 Å². The summed E-state index contributed by atoms with van der Waals surface area (Å²) < 4.78 is 11.2. The summed E-state index contributed by atoms with van der Waals surface area (Å²) in [5.74, 6) is 1.31. The van der Waals surface area contributed by atoms with Crippen LogP contribution in [0.25, 0.3) is 0 Å². The minimum Gasteiger partial charge on any atom is -0.486 e. The smallest absolute Gasteiger partial charge is 0.317 e. The van der Waals surface area contributed by atoms with Crippen molar-refractivity contribution in [1.82, 2.24) is 15.5 Å². The Balaban J connectivity index is 1.25. The molecule has 4 rings (SSSR count). The number of urea groups is 1. The first-order valence-electron chi connectivity index (χ1n) is 9.97. The van der Waals surface area contributed by atoms with E-state index < -0.39 is 0 Å². The number of ether oxygens (including phenoxy) is 2. The minimum atomic E-state index is 0.0439. The largest absolute Gasteiger partial charge is 0.486 e. The fraction of sp³-hybridized carbons (Fsp3) is 0.650. The molecule has 2 N–H and O–H groups in total. The Kier molecular flexibility index (Phi) is 5.64. The summed E-state index contributed by atoms with van der Waals surface area (Å²) in [6.07, 6.45) is 5.45. The number of carbonyl (C=O) groups is 1. The second kappa shape index (κ2) is 8.15. The number of fused-ring (bicyclic) bond motifs is 1. The highest BCUT2D eigenvalue weighted by molar-refractivity contribution is 6.32. The Morgan fingerprint density at radius 3 is 2.67 bits per heavy atom. The van der Waals surface area contributed by atoms with Crippen molar-refractivity contribution in [3.63, 3.8) is 0 Å². The summed E-state index contributed by atoms with van der Waals surface area (Å²) in [6, 6.07) is 3.89. The van der Waals surface area contributed by atoms with Gasteiger partial charge in [0.25, 0.3) is 0 Å². The quantitative estimate of drug-likeness (QED) is 0.828. The highest BCUT2D eigenvalue weighted by atomic mass is 35.5. The standard InChI is InChI=1S/C20H28ClN3O3/c21-16-13-15(14-17-18(16)27-12-11-26-17)1-6-23-19(25)24-9-4-20(5-10-24)2-7-22-8-3-20/h13-14,22H,1-12H2,(H,23,25). The van der Waals surface area contributed by atoms with E-state index in [-0.39, 0.29) is 6.03 Å². The van der Waals surface area contributed by atoms with Gasteiger partial charge in [0.2, 0.25) is 0 Å². The summed E-state index contributed by atoms with van der Waals surface area (Å²) in [5, 5.41) is 7.06. The third-order valence-corrected chi connectivity index (χ3v) is 6.40. The Morgan fingerprint density at radius 1 is 1.15 bits per heavy atom. The highest BCUT2D eigenvalue weighted by Gasteiger charge is 2.36. The second-order valence-corrected chi connectivity index (χ2v) is 8.23. The number of rotatable bonds is 3. The van der Waals surface area contributed by atoms with E-state index in [1.54, 1.807) is 0 Å². The number of benzene rings is 1. The van der Waals surface area contributed by atoms with E-state index in [0.29, 0.717) is 48.1 Å². The van der Waals surface area contributed by atoms with Gasteiger partial charge < -0.3 is 25.0 Å². The zero-order valence-electron chi connectivity index (χ0n) is 15.7. The number of amides is 2. The van der Waals surface area contributed by atoms with Crippen molar-refractivity contribution in [2.75, 3.05) is 45.9 Å². The number of halogens is 1. The average molecular weight is 394 g/mol. The van der Waals surface area contributed by atoms with Gasteiger partial charge in [-0.15, -0.1) is 0 Å². The Labute approximate surface area is 165 Å². The summed E-state index contributed by atoms with van der Waals surface area (Å²) in [7, 11) is 0. The summed E-state index contributed by atoms with van der Waals surface area (Å²) in [6.45, 7) is 5.60. The molecule has 2 amide bonds. The zero-order chi connectivity index (χ0) is 18.7. The maximum atomic E-state index is 12.5. The van der Waals surface area contributed by atoms with Gasteiger partial charge in [0.05, 0.1) is 5.02 Å². The van der Waals surface area contributed by atoms with Gasteiger partial charge in [-0.3, -0.25) is 0 Å². The molecule has 3 aliphatic rings. The van der Waals surface area contributed by atoms with E-state index in [4.69, 9.17) is 21.1 Å². The summed E-state index contributed by atoms with van der Waals surface area (Å²) in [5.41, 5.74) is 1.50. The number of hydrogen-bond donors (Lipinski definition) is 2. The first-order chi connectivity index (χ1) is 13.2. The predicted octanol–water partition coefficient (Wildman–Crippen LogP) is 2.83. The molecule has 0 bridgehead atoms. The molecule has 3 heterocycles. The Morgan fingerprint density at radius 2 is 1.89 bits per heavy atom. The molecule has 0 radical (unpaired) electrons. The number of nitrogens with zero attached hydrogens (tertiary/aromatic N) is 1. The molecular weight excluding hydrogens is 366 g/mol. The molecule has 0 unspecified atom stereocenters. The molecule has 1 spiro atoms. The van der Waals surface area contributed by atoms with Crippen LogP contribution < -0.4 is 20.1 Å². The van der Waals surface area contributed by atoms with E-state index in [0.717, 1.165) is 44.6 Å². The van der Waals surface area contributed by atoms with Gasteiger partial charge in [0, 0.05) is 19.6 Å². The van der Waals surface area contributed by atoms with E-state index in [2.05, 4.69) is 10.6 Å². The third kappa shape index (κ3) is 4.27. The molecule has 6 nitrogen and oxygen atoms in total. The molecule has 1 aromatic rings. The normalized spacial score (nSPS) is 21.1. The first-order valence-corrected chi connectivity index (χ1v) is 10.3. The van der Waals surface area contributed by atoms with Crippen LogP contribution in [-0.4, -0.2) is 56.9 Å². The lowest BCUT2D eigenvalue weighted by atomic mass is 9.72. The van der Waals surface area contributed by atoms with E-state index in [1.807, 2.05) is 17.0 Å². The van der Waals surface area contributed by atoms with Crippen molar-refractivity contribution >= 4 is 17.6 Å². The van der Waals surface area contributed by atoms with Crippen LogP contribution in [-0.2, 0) is 6.42 Å². The number of nitrogens with one attached hydrogen (secondary N) is 2. The van der Waals surface area contributed by atoms with Crippen molar-refractivity contribution in [3.05, 3.63) is 22.7 Å². The van der Waals surface area contributed by atoms with E-state index in [1.165, 1.54) is 12.8 Å². The van der Waals surface area contributed by atoms with Crippen LogP contribution in [0.3, 0.4) is 0 Å². The SMILES string of the molecule is O=C(NCCc1cc(Cl)c2c(c1)OCCO2)N1CCC2(CCNCC2)CC1. The van der Waals surface area contributed by atoms with Crippen LogP contribution in [0.1, 0.15) is 31.2 Å². The van der Waals surface area contributed by atoms with Crippen molar-refractivity contribution in [3.8, 4) is 11.5 Å². The molecule has 0 aromatic heterocycles. The van der Waals surface area contributed by atoms with Gasteiger partial charge >= 0.3 is 6.03 Å². The van der Waals surface area contributed by atoms with E-state index in [9.17, 15) is 4.79 Å². The average Bonchev–Trinajstić information content (AvgIpc) is 2.69. The Bertz CT molecular complexity index is 681. The monoisotopic (exact) mass is 393 g/mol. The highest BCUT2D eigenvalue weighted by Crippen LogP contribution is 2.40. The van der Waals surface area contributed by atoms with Crippen LogP contribution in [0.2, 0.25) is 5.02 Å². The molecule has 0 atom stereocenters. The fourth-order valence-electron chi connectivity index (χ4n) is 4.38. The van der Waals surface area contributed by atoms with Crippen LogP contribution in [0.15, 0.2) is 12.1 Å². The lowest BCUT2D eigenvalue weighted by Gasteiger charge is -2.44. The van der Waals surface area contributed by atoms with Gasteiger partial charge in [-0.2, -0.15) is 0 Å². The Hall–Kier alpha value is -1.66. The molecule has 0 saturated carbocycles. The number of carbonyl (C=O) groups excluding carboxylic acids is 1. The molecule has 1 aromatic carbocycles. The van der Waals surface area contributed by atoms with Crippen LogP contribution in [0.5, 0.6) is 11.5 Å². The van der Waals surface area contributed by atoms with Gasteiger partial charge in [-0.05, 0) is 68.3 Å². The number of likely N-dealkylation sites (tertiary alicyclic amines) is 1. The molecule has 3 aliphatic heterocycles. The summed E-state index contributed by atoms with van der Waals surface area (Å²) >= 11 is 6.28. The fourth-order valence-corrected chi connectivity index (χ4v) is 4.66. The maximum Gasteiger partial charge on any atom is 0.317 e. The lowest BCUT2D eigenvalue weighted by molar-refractivity contribution is 0.0875. The van der Waals surface area contributed by atoms with Crippen molar-refractivity contribution in [1.29, 1.82) is 0 Å². The molecule has 2 fully saturated rings. The minimum absolute atomic E-state index is 0.0439. The number of hydrogen-bond acceptors (Lipinski definition) is 4. The number of piperidine rings is 2. The molecule has 2 saturated heterocycles. The maximum absolute atomic E-state index is 12.5. The van der Waals surface area contributed by atoms with E-state index >= 15 is 0 Å². The predicted molar refractivity (Wildman–Crippen MR) is 105 cm³/mol. The van der Waals surface area contributed by atoms with Crippen LogP contribution in [0.4, 0.5) is 4.79 Å². The molecule has 0 aliphatic carbocycles. The van der Waals surface area contributed by atoms with Gasteiger partial charge in [0.15, 0.2) is 11.5 Å². The zero-order valence-corrected chi connectivity index (χ0v) is 16.4. The first kappa shape index (κ1) is 18.7. The molecule has 148 valence electrons. The third-order valence-electron chi connectivity index (χ3n) is 6.12. The molecular formula is C20H28ClN3O3. The second-order valence-electron chi connectivity index (χ2n) is 7.82. The molecule has 7 heteroatoms. The van der Waals surface area contributed by atoms with Gasteiger partial charge in [-0.25, -0.2) is 4.79 Å². The van der Waals surface area contributed by atoms with Crippen molar-refractivity contribution in [2.45, 2.75) is 32.1 Å². The van der Waals surface area contributed by atoms with Gasteiger partial charge in [-0.1, -0.05) is 11.6 Å². The van der Waals surface area contributed by atoms with Gasteiger partial charge in [0.1, 0.15) is 13.2 Å².